The van der Waals surface area contributed by atoms with Crippen molar-refractivity contribution in [3.63, 3.8) is 0 Å². The molecule has 2 atom stereocenters. The van der Waals surface area contributed by atoms with Crippen LogP contribution in [0, 0.1) is 0 Å². The molecule has 4 heteroatoms. The third-order valence-corrected chi connectivity index (χ3v) is 4.77. The van der Waals surface area contributed by atoms with Crippen molar-refractivity contribution in [2.24, 2.45) is 0 Å². The van der Waals surface area contributed by atoms with Gasteiger partial charge in [0, 0.05) is 35.9 Å². The molecule has 0 radical (unpaired) electrons. The Morgan fingerprint density at radius 2 is 2.30 bits per heavy atom. The number of halogens is 1. The highest BCUT2D eigenvalue weighted by Crippen LogP contribution is 2.29. The maximum absolute atomic E-state index is 5.75. The molecular formula is C16H25BrN2O. The molecule has 0 spiro atoms. The molecule has 1 aromatic carbocycles. The summed E-state index contributed by atoms with van der Waals surface area (Å²) in [6.45, 7) is 7.29. The van der Waals surface area contributed by atoms with Crippen molar-refractivity contribution in [3.8, 4) is 0 Å². The van der Waals surface area contributed by atoms with Crippen molar-refractivity contribution in [2.75, 3.05) is 31.6 Å². The number of nitrogens with one attached hydrogen (secondary N) is 1. The summed E-state index contributed by atoms with van der Waals surface area (Å²) in [5, 5.41) is 3.28. The molecule has 0 bridgehead atoms. The molecule has 1 saturated heterocycles. The predicted molar refractivity (Wildman–Crippen MR) is 88.5 cm³/mol. The van der Waals surface area contributed by atoms with E-state index in [0.29, 0.717) is 12.1 Å². The molecule has 20 heavy (non-hydrogen) atoms. The number of rotatable bonds is 6. The smallest absolute Gasteiger partial charge is 0.0750 e. The van der Waals surface area contributed by atoms with Crippen molar-refractivity contribution in [1.82, 2.24) is 5.32 Å². The Kier molecular flexibility index (Phi) is 5.87. The van der Waals surface area contributed by atoms with Crippen LogP contribution in [0.2, 0.25) is 0 Å². The molecule has 0 aromatic heterocycles. The summed E-state index contributed by atoms with van der Waals surface area (Å²) in [7, 11) is 1.99. The van der Waals surface area contributed by atoms with Crippen LogP contribution in [0.25, 0.3) is 0 Å². The number of hydrogen-bond donors (Lipinski definition) is 1. The van der Waals surface area contributed by atoms with E-state index in [1.54, 1.807) is 0 Å². The second kappa shape index (κ2) is 7.43. The zero-order valence-corrected chi connectivity index (χ0v) is 14.2. The fourth-order valence-corrected chi connectivity index (χ4v) is 3.38. The molecule has 1 heterocycles. The Morgan fingerprint density at radius 3 is 2.85 bits per heavy atom. The van der Waals surface area contributed by atoms with Crippen LogP contribution >= 0.6 is 15.9 Å². The van der Waals surface area contributed by atoms with Crippen molar-refractivity contribution < 1.29 is 4.74 Å². The minimum atomic E-state index is 0.353. The van der Waals surface area contributed by atoms with Crippen LogP contribution in [0.3, 0.4) is 0 Å². The van der Waals surface area contributed by atoms with Crippen LogP contribution in [-0.2, 0) is 4.74 Å². The zero-order chi connectivity index (χ0) is 14.5. The molecule has 3 nitrogen and oxygen atoms in total. The quantitative estimate of drug-likeness (QED) is 0.853. The van der Waals surface area contributed by atoms with Crippen molar-refractivity contribution in [2.45, 2.75) is 38.8 Å². The third kappa shape index (κ3) is 3.74. The largest absolute Gasteiger partial charge is 0.376 e. The van der Waals surface area contributed by atoms with Gasteiger partial charge in [0.1, 0.15) is 0 Å². The molecule has 1 fully saturated rings. The SMILES string of the molecule is CCN(CC1CCCO1)c1ccc(C(C)NC)c(Br)c1. The Morgan fingerprint density at radius 1 is 1.50 bits per heavy atom. The van der Waals surface area contributed by atoms with E-state index in [1.165, 1.54) is 28.6 Å². The lowest BCUT2D eigenvalue weighted by Crippen LogP contribution is -2.32. The molecule has 112 valence electrons. The fourth-order valence-electron chi connectivity index (χ4n) is 2.67. The molecule has 1 aromatic rings. The monoisotopic (exact) mass is 340 g/mol. The number of anilines is 1. The van der Waals surface area contributed by atoms with E-state index in [9.17, 15) is 0 Å². The molecule has 0 amide bonds. The van der Waals surface area contributed by atoms with Crippen LogP contribution in [0.15, 0.2) is 22.7 Å². The van der Waals surface area contributed by atoms with Crippen LogP contribution in [0.1, 0.15) is 38.3 Å². The Hall–Kier alpha value is -0.580. The number of hydrogen-bond acceptors (Lipinski definition) is 3. The maximum atomic E-state index is 5.75. The summed E-state index contributed by atoms with van der Waals surface area (Å²) in [6.07, 6.45) is 2.78. The Bertz CT molecular complexity index is 432. The number of ether oxygens (including phenoxy) is 1. The Balaban J connectivity index is 2.11. The minimum Gasteiger partial charge on any atom is -0.376 e. The summed E-state index contributed by atoms with van der Waals surface area (Å²) < 4.78 is 6.92. The average Bonchev–Trinajstić information content (AvgIpc) is 2.96. The van der Waals surface area contributed by atoms with Gasteiger partial charge in [-0.2, -0.15) is 0 Å². The first-order valence-electron chi connectivity index (χ1n) is 7.49. The first kappa shape index (κ1) is 15.8. The molecule has 0 saturated carbocycles. The summed E-state index contributed by atoms with van der Waals surface area (Å²) in [5.41, 5.74) is 2.56. The number of nitrogens with zero attached hydrogens (tertiary/aromatic N) is 1. The van der Waals surface area contributed by atoms with Gasteiger partial charge in [-0.15, -0.1) is 0 Å². The minimum absolute atomic E-state index is 0.353. The van der Waals surface area contributed by atoms with Gasteiger partial charge in [-0.1, -0.05) is 22.0 Å². The molecule has 2 unspecified atom stereocenters. The van der Waals surface area contributed by atoms with Crippen LogP contribution in [0.4, 0.5) is 5.69 Å². The van der Waals surface area contributed by atoms with E-state index >= 15 is 0 Å². The van der Waals surface area contributed by atoms with Gasteiger partial charge < -0.3 is 15.0 Å². The highest BCUT2D eigenvalue weighted by Gasteiger charge is 2.19. The number of likely N-dealkylation sites (N-methyl/N-ethyl adjacent to an activating group) is 1. The molecule has 1 N–H and O–H groups in total. The van der Waals surface area contributed by atoms with Gasteiger partial charge in [0.2, 0.25) is 0 Å². The van der Waals surface area contributed by atoms with Gasteiger partial charge in [-0.3, -0.25) is 0 Å². The standard InChI is InChI=1S/C16H25BrN2O/c1-4-19(11-14-6-5-9-20-14)13-7-8-15(12(2)18-3)16(17)10-13/h7-8,10,12,14,18H,4-6,9,11H2,1-3H3. The first-order chi connectivity index (χ1) is 9.65. The Labute approximate surface area is 130 Å². The van der Waals surface area contributed by atoms with Crippen LogP contribution in [-0.4, -0.2) is 32.8 Å². The molecule has 2 rings (SSSR count). The summed E-state index contributed by atoms with van der Waals surface area (Å²) in [6, 6.07) is 7.00. The second-order valence-electron chi connectivity index (χ2n) is 5.39. The van der Waals surface area contributed by atoms with Crippen LogP contribution < -0.4 is 10.2 Å². The molecule has 0 aliphatic carbocycles. The normalized spacial score (nSPS) is 20.1. The zero-order valence-electron chi connectivity index (χ0n) is 12.7. The first-order valence-corrected chi connectivity index (χ1v) is 8.28. The van der Waals surface area contributed by atoms with Gasteiger partial charge >= 0.3 is 0 Å². The van der Waals surface area contributed by atoms with Gasteiger partial charge in [-0.05, 0) is 51.4 Å². The van der Waals surface area contributed by atoms with Crippen molar-refractivity contribution in [3.05, 3.63) is 28.2 Å². The topological polar surface area (TPSA) is 24.5 Å². The van der Waals surface area contributed by atoms with E-state index < -0.39 is 0 Å². The van der Waals surface area contributed by atoms with E-state index in [1.807, 2.05) is 7.05 Å². The lowest BCUT2D eigenvalue weighted by molar-refractivity contribution is 0.115. The maximum Gasteiger partial charge on any atom is 0.0750 e. The highest BCUT2D eigenvalue weighted by atomic mass is 79.9. The van der Waals surface area contributed by atoms with Crippen molar-refractivity contribution >= 4 is 21.6 Å². The summed E-state index contributed by atoms with van der Waals surface area (Å²) in [5.74, 6) is 0. The van der Waals surface area contributed by atoms with E-state index in [-0.39, 0.29) is 0 Å². The molecular weight excluding hydrogens is 316 g/mol. The van der Waals surface area contributed by atoms with Crippen molar-refractivity contribution in [1.29, 1.82) is 0 Å². The lowest BCUT2D eigenvalue weighted by atomic mass is 10.1. The van der Waals surface area contributed by atoms with Gasteiger partial charge in [0.15, 0.2) is 0 Å². The highest BCUT2D eigenvalue weighted by molar-refractivity contribution is 9.10. The summed E-state index contributed by atoms with van der Waals surface area (Å²) in [4.78, 5) is 2.40. The van der Waals surface area contributed by atoms with Gasteiger partial charge in [0.05, 0.1) is 6.10 Å². The molecule has 1 aliphatic heterocycles. The second-order valence-corrected chi connectivity index (χ2v) is 6.24. The fraction of sp³-hybridized carbons (Fsp3) is 0.625. The summed E-state index contributed by atoms with van der Waals surface area (Å²) >= 11 is 3.70. The number of benzene rings is 1. The predicted octanol–water partition coefficient (Wildman–Crippen LogP) is 3.73. The average molecular weight is 341 g/mol. The van der Waals surface area contributed by atoms with E-state index in [2.05, 4.69) is 58.2 Å². The van der Waals surface area contributed by atoms with Gasteiger partial charge in [-0.25, -0.2) is 0 Å². The van der Waals surface area contributed by atoms with E-state index in [0.717, 1.165) is 19.7 Å². The lowest BCUT2D eigenvalue weighted by Gasteiger charge is -2.27. The van der Waals surface area contributed by atoms with Gasteiger partial charge in [0.25, 0.3) is 0 Å². The van der Waals surface area contributed by atoms with Crippen LogP contribution in [0.5, 0.6) is 0 Å². The third-order valence-electron chi connectivity index (χ3n) is 4.08. The van der Waals surface area contributed by atoms with E-state index in [4.69, 9.17) is 4.74 Å². The molecule has 1 aliphatic rings.